The van der Waals surface area contributed by atoms with Gasteiger partial charge in [-0.25, -0.2) is 9.97 Å². The normalized spacial score (nSPS) is 11.8. The molecule has 9 nitrogen and oxygen atoms in total. The lowest BCUT2D eigenvalue weighted by molar-refractivity contribution is 0.669. The molecule has 294 valence electrons. The van der Waals surface area contributed by atoms with Crippen LogP contribution in [0.1, 0.15) is 0 Å². The minimum absolute atomic E-state index is 0.503. The number of hydrogen-bond acceptors (Lipinski definition) is 7. The largest absolute Gasteiger partial charge is 0.456 e. The van der Waals surface area contributed by atoms with E-state index in [9.17, 15) is 0 Å². The first kappa shape index (κ1) is 35.0. The molecule has 0 saturated heterocycles. The third-order valence-corrected chi connectivity index (χ3v) is 11.9. The Hall–Kier alpha value is -8.82. The average molecular weight is 809 g/mol. The summed E-state index contributed by atoms with van der Waals surface area (Å²) in [5.74, 6) is 3.33. The van der Waals surface area contributed by atoms with Crippen molar-refractivity contribution in [3.63, 3.8) is 0 Å². The van der Waals surface area contributed by atoms with Gasteiger partial charge in [-0.3, -0.25) is 9.13 Å². The monoisotopic (exact) mass is 808 g/mol. The maximum Gasteiger partial charge on any atom is 0.238 e. The molecule has 0 bridgehead atoms. The van der Waals surface area contributed by atoms with Crippen molar-refractivity contribution in [3.05, 3.63) is 194 Å². The first-order valence-electron chi connectivity index (χ1n) is 20.8. The summed E-state index contributed by atoms with van der Waals surface area (Å²) in [6, 6.07) is 65.7. The zero-order chi connectivity index (χ0) is 41.4. The number of aromatic nitrogens is 8. The summed E-state index contributed by atoms with van der Waals surface area (Å²) in [5, 5.41) is 6.28. The molecule has 0 aliphatic heterocycles. The van der Waals surface area contributed by atoms with Gasteiger partial charge in [-0.2, -0.15) is 19.9 Å². The van der Waals surface area contributed by atoms with Crippen LogP contribution in [0, 0.1) is 0 Å². The Bertz CT molecular complexity index is 3800. The van der Waals surface area contributed by atoms with Crippen LogP contribution in [0.5, 0.6) is 0 Å². The van der Waals surface area contributed by atoms with E-state index in [-0.39, 0.29) is 0 Å². The molecule has 13 rings (SSSR count). The predicted molar refractivity (Wildman–Crippen MR) is 251 cm³/mol. The van der Waals surface area contributed by atoms with Crippen molar-refractivity contribution < 1.29 is 4.42 Å². The summed E-state index contributed by atoms with van der Waals surface area (Å²) < 4.78 is 10.8. The van der Waals surface area contributed by atoms with Gasteiger partial charge in [0.15, 0.2) is 23.3 Å². The van der Waals surface area contributed by atoms with Crippen LogP contribution in [0.4, 0.5) is 0 Å². The van der Waals surface area contributed by atoms with Gasteiger partial charge < -0.3 is 4.42 Å². The maximum atomic E-state index is 6.50. The molecule has 9 heteroatoms. The van der Waals surface area contributed by atoms with Crippen LogP contribution in [0.15, 0.2) is 199 Å². The number of furan rings is 1. The molecular formula is C54H32N8O. The molecule has 0 aliphatic carbocycles. The van der Waals surface area contributed by atoms with Crippen molar-refractivity contribution >= 4 is 65.6 Å². The molecule has 0 unspecified atom stereocenters. The molecule has 0 spiro atoms. The molecule has 0 N–H and O–H groups in total. The molecule has 0 radical (unpaired) electrons. The van der Waals surface area contributed by atoms with Crippen molar-refractivity contribution in [1.82, 2.24) is 39.0 Å². The summed E-state index contributed by atoms with van der Waals surface area (Å²) in [6.07, 6.45) is 0. The van der Waals surface area contributed by atoms with E-state index in [0.717, 1.165) is 87.8 Å². The maximum absolute atomic E-state index is 6.50. The topological polar surface area (TPSA) is 100 Å². The fourth-order valence-electron chi connectivity index (χ4n) is 9.03. The number of rotatable bonds is 6. The Morgan fingerprint density at radius 2 is 0.714 bits per heavy atom. The Kier molecular flexibility index (Phi) is 7.70. The van der Waals surface area contributed by atoms with Crippen molar-refractivity contribution in [2.45, 2.75) is 0 Å². The van der Waals surface area contributed by atoms with Crippen LogP contribution in [0.25, 0.3) is 123 Å². The second-order valence-electron chi connectivity index (χ2n) is 15.5. The van der Waals surface area contributed by atoms with Gasteiger partial charge in [-0.1, -0.05) is 146 Å². The lowest BCUT2D eigenvalue weighted by Gasteiger charge is -2.12. The fraction of sp³-hybridized carbons (Fsp3) is 0. The highest BCUT2D eigenvalue weighted by molar-refractivity contribution is 6.27. The van der Waals surface area contributed by atoms with E-state index in [1.165, 1.54) is 0 Å². The van der Waals surface area contributed by atoms with Crippen molar-refractivity contribution in [2.24, 2.45) is 0 Å². The third-order valence-electron chi connectivity index (χ3n) is 11.9. The van der Waals surface area contributed by atoms with E-state index in [1.54, 1.807) is 0 Å². The highest BCUT2D eigenvalue weighted by Crippen LogP contribution is 2.42. The van der Waals surface area contributed by atoms with E-state index in [2.05, 4.69) is 94.1 Å². The quantitative estimate of drug-likeness (QED) is 0.165. The Labute approximate surface area is 359 Å². The lowest BCUT2D eigenvalue weighted by atomic mass is 10.0. The number of hydrogen-bond donors (Lipinski definition) is 0. The summed E-state index contributed by atoms with van der Waals surface area (Å²) in [4.78, 5) is 31.1. The predicted octanol–water partition coefficient (Wildman–Crippen LogP) is 12.8. The van der Waals surface area contributed by atoms with E-state index >= 15 is 0 Å². The second-order valence-corrected chi connectivity index (χ2v) is 15.5. The zero-order valence-electron chi connectivity index (χ0n) is 33.5. The van der Waals surface area contributed by atoms with Gasteiger partial charge in [0.2, 0.25) is 11.9 Å². The molecule has 8 aromatic carbocycles. The molecule has 0 amide bonds. The van der Waals surface area contributed by atoms with Crippen LogP contribution in [0.2, 0.25) is 0 Å². The highest BCUT2D eigenvalue weighted by Gasteiger charge is 2.24. The van der Waals surface area contributed by atoms with Crippen molar-refractivity contribution in [2.75, 3.05) is 0 Å². The van der Waals surface area contributed by atoms with Crippen LogP contribution in [-0.4, -0.2) is 39.0 Å². The molecule has 13 aromatic rings. The number of para-hydroxylation sites is 3. The number of fused-ring (bicyclic) bond motifs is 10. The standard InChI is InChI=1S/C54H32N8O/c1-4-16-33(17-5-1)49-55-50(34-18-6-2-7-19-34)59-54(58-49)62-43-29-28-36(32-40(43)47-44(62)30-31-46-48(47)39-24-12-15-27-45(39)63-46)52-56-51(35-20-8-3-9-21-35)57-53(60-52)61-41-25-13-10-22-37(41)38-23-11-14-26-42(38)61/h1-32H. The van der Waals surface area contributed by atoms with Crippen LogP contribution < -0.4 is 0 Å². The van der Waals surface area contributed by atoms with Crippen LogP contribution in [0.3, 0.4) is 0 Å². The SMILES string of the molecule is c1ccc(-c2nc(-c3ccc4c(c3)c3c5c(ccc3n4-c3nc(-c4ccccc4)nc(-c4ccccc4)n3)oc3ccccc35)nc(-n3c4ccccc4c4ccccc43)n2)cc1. The van der Waals surface area contributed by atoms with E-state index in [1.807, 2.05) is 109 Å². The zero-order valence-corrected chi connectivity index (χ0v) is 33.5. The summed E-state index contributed by atoms with van der Waals surface area (Å²) in [6.45, 7) is 0. The first-order chi connectivity index (χ1) is 31.2. The molecule has 5 heterocycles. The summed E-state index contributed by atoms with van der Waals surface area (Å²) >= 11 is 0. The summed E-state index contributed by atoms with van der Waals surface area (Å²) in [5.41, 5.74) is 9.00. The highest BCUT2D eigenvalue weighted by atomic mass is 16.3. The van der Waals surface area contributed by atoms with Gasteiger partial charge in [-0.05, 0) is 48.5 Å². The third kappa shape index (κ3) is 5.57. The van der Waals surface area contributed by atoms with Gasteiger partial charge >= 0.3 is 0 Å². The molecule has 0 fully saturated rings. The number of nitrogens with zero attached hydrogens (tertiary/aromatic N) is 8. The Balaban J connectivity index is 1.11. The Morgan fingerprint density at radius 3 is 1.27 bits per heavy atom. The smallest absolute Gasteiger partial charge is 0.238 e. The fourth-order valence-corrected chi connectivity index (χ4v) is 9.03. The van der Waals surface area contributed by atoms with Gasteiger partial charge in [0.1, 0.15) is 11.2 Å². The lowest BCUT2D eigenvalue weighted by Crippen LogP contribution is -2.07. The van der Waals surface area contributed by atoms with Crippen LogP contribution in [-0.2, 0) is 0 Å². The van der Waals surface area contributed by atoms with Gasteiger partial charge in [0, 0.05) is 54.6 Å². The molecule has 5 aromatic heterocycles. The number of benzene rings is 8. The van der Waals surface area contributed by atoms with Gasteiger partial charge in [0.25, 0.3) is 0 Å². The van der Waals surface area contributed by atoms with Crippen molar-refractivity contribution in [1.29, 1.82) is 0 Å². The molecule has 0 aliphatic rings. The van der Waals surface area contributed by atoms with E-state index in [0.29, 0.717) is 35.2 Å². The average Bonchev–Trinajstić information content (AvgIpc) is 4.02. The van der Waals surface area contributed by atoms with E-state index < -0.39 is 0 Å². The molecule has 0 saturated carbocycles. The summed E-state index contributed by atoms with van der Waals surface area (Å²) in [7, 11) is 0. The minimum Gasteiger partial charge on any atom is -0.456 e. The molecular weight excluding hydrogens is 777 g/mol. The van der Waals surface area contributed by atoms with Crippen LogP contribution >= 0.6 is 0 Å². The minimum atomic E-state index is 0.503. The van der Waals surface area contributed by atoms with Crippen molar-refractivity contribution in [3.8, 4) is 57.4 Å². The first-order valence-corrected chi connectivity index (χ1v) is 20.8. The second kappa shape index (κ2) is 13.9. The molecule has 0 atom stereocenters. The molecule has 63 heavy (non-hydrogen) atoms. The van der Waals surface area contributed by atoms with Gasteiger partial charge in [0.05, 0.1) is 22.1 Å². The Morgan fingerprint density at radius 1 is 0.286 bits per heavy atom. The van der Waals surface area contributed by atoms with E-state index in [4.69, 9.17) is 34.3 Å². The van der Waals surface area contributed by atoms with Gasteiger partial charge in [-0.15, -0.1) is 0 Å².